The molecule has 0 saturated carbocycles. The first kappa shape index (κ1) is 24.0. The molecule has 2 aromatic rings. The quantitative estimate of drug-likeness (QED) is 0.667. The number of aromatic nitrogens is 2. The predicted octanol–water partition coefficient (Wildman–Crippen LogP) is 3.58. The predicted molar refractivity (Wildman–Crippen MR) is 122 cm³/mol. The largest absolute Gasteiger partial charge is 0.447 e. The topological polar surface area (TPSA) is 104 Å². The van der Waals surface area contributed by atoms with Gasteiger partial charge < -0.3 is 24.5 Å². The maximum absolute atomic E-state index is 12.3. The highest BCUT2D eigenvalue weighted by Crippen LogP contribution is 2.27. The molecule has 0 aliphatic carbocycles. The standard InChI is InChI=1S/C23H35N5O4/c1-14(2)31-23(30)28-8-7-27(11-17(28)5)12-19-9-15(3)10-20(18(19)6)24-22-26-25-21(32-22)16(4)13-29/h9-10,14,16-17,29H,7-8,11-13H2,1-6H3,(H,24,26)/t16-,17-/m0/s1. The molecule has 0 spiro atoms. The monoisotopic (exact) mass is 445 g/mol. The lowest BCUT2D eigenvalue weighted by Crippen LogP contribution is -2.54. The average molecular weight is 446 g/mol. The lowest BCUT2D eigenvalue weighted by molar-refractivity contribution is 0.0349. The zero-order valence-corrected chi connectivity index (χ0v) is 19.9. The van der Waals surface area contributed by atoms with Crippen molar-refractivity contribution in [2.75, 3.05) is 31.6 Å². The smallest absolute Gasteiger partial charge is 0.410 e. The first-order valence-electron chi connectivity index (χ1n) is 11.2. The molecule has 1 aliphatic heterocycles. The van der Waals surface area contributed by atoms with Crippen molar-refractivity contribution in [3.05, 3.63) is 34.7 Å². The van der Waals surface area contributed by atoms with Gasteiger partial charge in [-0.1, -0.05) is 18.1 Å². The van der Waals surface area contributed by atoms with Crippen LogP contribution in [0.15, 0.2) is 16.5 Å². The highest BCUT2D eigenvalue weighted by molar-refractivity contribution is 5.68. The molecule has 176 valence electrons. The molecule has 1 aromatic carbocycles. The molecular formula is C23H35N5O4. The molecule has 1 fully saturated rings. The molecule has 0 unspecified atom stereocenters. The Bertz CT molecular complexity index is 929. The number of carbonyl (C=O) groups is 1. The minimum Gasteiger partial charge on any atom is -0.447 e. The Morgan fingerprint density at radius 3 is 2.69 bits per heavy atom. The number of anilines is 2. The average Bonchev–Trinajstić information content (AvgIpc) is 3.19. The molecule has 1 saturated heterocycles. The van der Waals surface area contributed by atoms with E-state index in [-0.39, 0.29) is 30.8 Å². The number of nitrogens with one attached hydrogen (secondary N) is 1. The first-order valence-corrected chi connectivity index (χ1v) is 11.2. The molecule has 1 aromatic heterocycles. The molecule has 9 heteroatoms. The number of carbonyl (C=O) groups excluding carboxylic acids is 1. The first-order chi connectivity index (χ1) is 15.2. The SMILES string of the molecule is Cc1cc(CN2CCN(C(=O)OC(C)C)[C@@H](C)C2)c(C)c(Nc2nnc([C@@H](C)CO)o2)c1. The van der Waals surface area contributed by atoms with Gasteiger partial charge in [-0.2, -0.15) is 0 Å². The third-order valence-corrected chi connectivity index (χ3v) is 5.71. The second-order valence-electron chi connectivity index (χ2n) is 8.96. The van der Waals surface area contributed by atoms with E-state index in [4.69, 9.17) is 9.15 Å². The number of amides is 1. The maximum atomic E-state index is 12.3. The van der Waals surface area contributed by atoms with Crippen LogP contribution in [0.25, 0.3) is 0 Å². The van der Waals surface area contributed by atoms with E-state index < -0.39 is 0 Å². The van der Waals surface area contributed by atoms with Crippen LogP contribution in [-0.4, -0.2) is 69.6 Å². The van der Waals surface area contributed by atoms with E-state index >= 15 is 0 Å². The van der Waals surface area contributed by atoms with Crippen molar-refractivity contribution >= 4 is 17.8 Å². The van der Waals surface area contributed by atoms with Gasteiger partial charge in [-0.15, -0.1) is 5.10 Å². The number of hydrogen-bond donors (Lipinski definition) is 2. The lowest BCUT2D eigenvalue weighted by atomic mass is 10.0. The van der Waals surface area contributed by atoms with Crippen LogP contribution in [0.1, 0.15) is 56.2 Å². The van der Waals surface area contributed by atoms with Gasteiger partial charge in [-0.3, -0.25) is 4.90 Å². The van der Waals surface area contributed by atoms with Crippen molar-refractivity contribution in [1.82, 2.24) is 20.0 Å². The van der Waals surface area contributed by atoms with E-state index in [1.807, 2.05) is 25.7 Å². The van der Waals surface area contributed by atoms with Crippen molar-refractivity contribution < 1.29 is 19.1 Å². The number of aryl methyl sites for hydroxylation is 1. The van der Waals surface area contributed by atoms with E-state index in [1.165, 1.54) is 5.56 Å². The zero-order chi connectivity index (χ0) is 23.4. The number of hydrogen-bond acceptors (Lipinski definition) is 8. The van der Waals surface area contributed by atoms with E-state index in [1.54, 1.807) is 0 Å². The summed E-state index contributed by atoms with van der Waals surface area (Å²) >= 11 is 0. The van der Waals surface area contributed by atoms with Gasteiger partial charge in [0.25, 0.3) is 0 Å². The highest BCUT2D eigenvalue weighted by atomic mass is 16.6. The summed E-state index contributed by atoms with van der Waals surface area (Å²) in [6.07, 6.45) is -0.352. The van der Waals surface area contributed by atoms with Crippen molar-refractivity contribution in [3.63, 3.8) is 0 Å². The summed E-state index contributed by atoms with van der Waals surface area (Å²) in [5.74, 6) is 0.203. The molecule has 1 aliphatic rings. The number of aliphatic hydroxyl groups is 1. The Kier molecular flexibility index (Phi) is 7.73. The normalized spacial score (nSPS) is 18.1. The van der Waals surface area contributed by atoms with Gasteiger partial charge in [0, 0.05) is 37.9 Å². The van der Waals surface area contributed by atoms with Crippen LogP contribution in [0.5, 0.6) is 0 Å². The number of piperazine rings is 1. The van der Waals surface area contributed by atoms with Crippen LogP contribution < -0.4 is 5.32 Å². The summed E-state index contributed by atoms with van der Waals surface area (Å²) in [6, 6.07) is 4.65. The lowest BCUT2D eigenvalue weighted by Gasteiger charge is -2.39. The Morgan fingerprint density at radius 1 is 1.28 bits per heavy atom. The number of nitrogens with zero attached hydrogens (tertiary/aromatic N) is 4. The summed E-state index contributed by atoms with van der Waals surface area (Å²) in [5, 5.41) is 20.6. The van der Waals surface area contributed by atoms with E-state index in [9.17, 15) is 9.90 Å². The van der Waals surface area contributed by atoms with Crippen LogP contribution in [0.3, 0.4) is 0 Å². The number of benzene rings is 1. The molecule has 1 amide bonds. The van der Waals surface area contributed by atoms with E-state index in [2.05, 4.69) is 53.3 Å². The number of rotatable bonds is 7. The van der Waals surface area contributed by atoms with Gasteiger partial charge in [-0.25, -0.2) is 4.79 Å². The van der Waals surface area contributed by atoms with E-state index in [0.717, 1.165) is 36.4 Å². The second kappa shape index (κ2) is 10.3. The highest BCUT2D eigenvalue weighted by Gasteiger charge is 2.29. The Hall–Kier alpha value is -2.65. The summed E-state index contributed by atoms with van der Waals surface area (Å²) in [4.78, 5) is 16.5. The Morgan fingerprint density at radius 2 is 2.03 bits per heavy atom. The summed E-state index contributed by atoms with van der Waals surface area (Å²) in [7, 11) is 0. The molecule has 0 radical (unpaired) electrons. The second-order valence-corrected chi connectivity index (χ2v) is 8.96. The van der Waals surface area contributed by atoms with Crippen LogP contribution in [0.2, 0.25) is 0 Å². The Labute approximate surface area is 189 Å². The van der Waals surface area contributed by atoms with Crippen LogP contribution >= 0.6 is 0 Å². The summed E-state index contributed by atoms with van der Waals surface area (Å²) in [6.45, 7) is 14.7. The van der Waals surface area contributed by atoms with Gasteiger partial charge in [-0.05, 0) is 57.4 Å². The molecular weight excluding hydrogens is 410 g/mol. The Balaban J connectivity index is 1.68. The minimum absolute atomic E-state index is 0.0455. The summed E-state index contributed by atoms with van der Waals surface area (Å²) < 4.78 is 11.0. The van der Waals surface area contributed by atoms with Gasteiger partial charge in [0.1, 0.15) is 0 Å². The number of aliphatic hydroxyl groups excluding tert-OH is 1. The van der Waals surface area contributed by atoms with Crippen molar-refractivity contribution in [1.29, 1.82) is 0 Å². The fourth-order valence-corrected chi connectivity index (χ4v) is 3.86. The van der Waals surface area contributed by atoms with Gasteiger partial charge in [0.2, 0.25) is 5.89 Å². The maximum Gasteiger partial charge on any atom is 0.410 e. The third kappa shape index (κ3) is 5.77. The van der Waals surface area contributed by atoms with Gasteiger partial charge in [0.05, 0.1) is 18.6 Å². The molecule has 32 heavy (non-hydrogen) atoms. The number of ether oxygens (including phenoxy) is 1. The molecule has 9 nitrogen and oxygen atoms in total. The van der Waals surface area contributed by atoms with Crippen LogP contribution in [0.4, 0.5) is 16.5 Å². The fourth-order valence-electron chi connectivity index (χ4n) is 3.86. The molecule has 2 heterocycles. The van der Waals surface area contributed by atoms with Crippen molar-refractivity contribution in [2.45, 2.75) is 66.2 Å². The van der Waals surface area contributed by atoms with Gasteiger partial charge in [0.15, 0.2) is 0 Å². The van der Waals surface area contributed by atoms with Gasteiger partial charge >= 0.3 is 12.1 Å². The van der Waals surface area contributed by atoms with Crippen molar-refractivity contribution in [3.8, 4) is 0 Å². The third-order valence-electron chi connectivity index (χ3n) is 5.71. The molecule has 2 N–H and O–H groups in total. The summed E-state index contributed by atoms with van der Waals surface area (Å²) in [5.41, 5.74) is 4.36. The fraction of sp³-hybridized carbons (Fsp3) is 0.609. The van der Waals surface area contributed by atoms with E-state index in [0.29, 0.717) is 18.5 Å². The van der Waals surface area contributed by atoms with Crippen LogP contribution in [0, 0.1) is 13.8 Å². The minimum atomic E-state index is -0.236. The van der Waals surface area contributed by atoms with Crippen LogP contribution in [-0.2, 0) is 11.3 Å². The van der Waals surface area contributed by atoms with Crippen molar-refractivity contribution in [2.24, 2.45) is 0 Å². The molecule has 2 atom stereocenters. The molecule has 0 bridgehead atoms. The zero-order valence-electron chi connectivity index (χ0n) is 19.9. The molecule has 3 rings (SSSR count).